The highest BCUT2D eigenvalue weighted by Gasteiger charge is 2.52. The van der Waals surface area contributed by atoms with Crippen molar-refractivity contribution >= 4 is 11.8 Å². The van der Waals surface area contributed by atoms with Crippen LogP contribution >= 0.6 is 0 Å². The molecule has 1 heterocycles. The Hall–Kier alpha value is -1.52. The summed E-state index contributed by atoms with van der Waals surface area (Å²) in [6, 6.07) is -0.920. The van der Waals surface area contributed by atoms with Gasteiger partial charge in [-0.2, -0.15) is 26.3 Å². The fourth-order valence-corrected chi connectivity index (χ4v) is 4.15. The number of carbonyl (C=O) groups excluding carboxylic acids is 2. The van der Waals surface area contributed by atoms with Crippen LogP contribution in [0.25, 0.3) is 0 Å². The van der Waals surface area contributed by atoms with Crippen LogP contribution in [-0.4, -0.2) is 73.4 Å². The van der Waals surface area contributed by atoms with E-state index < -0.39 is 61.3 Å². The van der Waals surface area contributed by atoms with Crippen molar-refractivity contribution in [3.05, 3.63) is 0 Å². The van der Waals surface area contributed by atoms with Crippen LogP contribution in [0.4, 0.5) is 26.3 Å². The Labute approximate surface area is 159 Å². The van der Waals surface area contributed by atoms with E-state index in [1.165, 1.54) is 23.8 Å². The van der Waals surface area contributed by atoms with Crippen LogP contribution in [0.1, 0.15) is 26.2 Å². The van der Waals surface area contributed by atoms with Gasteiger partial charge in [0.2, 0.25) is 11.8 Å². The lowest BCUT2D eigenvalue weighted by molar-refractivity contribution is -0.229. The highest BCUT2D eigenvalue weighted by atomic mass is 19.4. The number of hydrogen-bond donors (Lipinski definition) is 0. The van der Waals surface area contributed by atoms with Gasteiger partial charge in [-0.3, -0.25) is 9.59 Å². The summed E-state index contributed by atoms with van der Waals surface area (Å²) in [6.45, 7) is 1.24. The molecule has 2 amide bonds. The molecule has 0 radical (unpaired) electrons. The van der Waals surface area contributed by atoms with Gasteiger partial charge < -0.3 is 14.5 Å². The van der Waals surface area contributed by atoms with Crippen LogP contribution in [0.3, 0.4) is 0 Å². The third kappa shape index (κ3) is 5.30. The van der Waals surface area contributed by atoms with E-state index in [-0.39, 0.29) is 32.1 Å². The molecule has 2 fully saturated rings. The number of piperazine rings is 1. The van der Waals surface area contributed by atoms with E-state index in [2.05, 4.69) is 0 Å². The molecule has 2 rings (SSSR count). The lowest BCUT2D eigenvalue weighted by Gasteiger charge is -2.43. The van der Waals surface area contributed by atoms with Crippen LogP contribution in [0.2, 0.25) is 0 Å². The zero-order chi connectivity index (χ0) is 21.3. The topological polar surface area (TPSA) is 49.9 Å². The van der Waals surface area contributed by atoms with Crippen molar-refractivity contribution in [2.45, 2.75) is 44.6 Å². The standard InChI is InChI=1S/C17H24F6N2O3/c1-10(26)25-4-3-24(15(27)14(25)9-28-2)8-11-5-12(16(18,19)20)7-13(6-11)17(21,22)23/h11-14H,3-9H2,1-2H3/t11?,12?,13?,14-/m1/s1. The minimum atomic E-state index is -4.71. The van der Waals surface area contributed by atoms with E-state index in [1.807, 2.05) is 0 Å². The Morgan fingerprint density at radius 1 is 1.04 bits per heavy atom. The monoisotopic (exact) mass is 418 g/mol. The minimum Gasteiger partial charge on any atom is -0.382 e. The van der Waals surface area contributed by atoms with Crippen molar-refractivity contribution in [1.82, 2.24) is 9.80 Å². The quantitative estimate of drug-likeness (QED) is 0.660. The summed E-state index contributed by atoms with van der Waals surface area (Å²) in [5, 5.41) is 0. The minimum absolute atomic E-state index is 0.0719. The van der Waals surface area contributed by atoms with Crippen LogP contribution in [0, 0.1) is 17.8 Å². The first-order valence-corrected chi connectivity index (χ1v) is 9.03. The van der Waals surface area contributed by atoms with Gasteiger partial charge in [-0.25, -0.2) is 0 Å². The lowest BCUT2D eigenvalue weighted by atomic mass is 9.74. The van der Waals surface area contributed by atoms with Crippen molar-refractivity contribution in [2.75, 3.05) is 33.4 Å². The number of hydrogen-bond acceptors (Lipinski definition) is 3. The smallest absolute Gasteiger partial charge is 0.382 e. The van der Waals surface area contributed by atoms with Gasteiger partial charge in [0.05, 0.1) is 18.4 Å². The molecule has 28 heavy (non-hydrogen) atoms. The van der Waals surface area contributed by atoms with Gasteiger partial charge in [-0.1, -0.05) is 0 Å². The van der Waals surface area contributed by atoms with Crippen LogP contribution in [0.5, 0.6) is 0 Å². The molecule has 5 nitrogen and oxygen atoms in total. The number of amides is 2. The molecule has 1 saturated heterocycles. The second kappa shape index (κ2) is 8.46. The van der Waals surface area contributed by atoms with Gasteiger partial charge in [0.15, 0.2) is 0 Å². The summed E-state index contributed by atoms with van der Waals surface area (Å²) in [6.07, 6.45) is -11.3. The fourth-order valence-electron chi connectivity index (χ4n) is 4.15. The van der Waals surface area contributed by atoms with Crippen molar-refractivity contribution in [1.29, 1.82) is 0 Å². The average molecular weight is 418 g/mol. The molecular formula is C17H24F6N2O3. The first-order chi connectivity index (χ1) is 12.8. The van der Waals surface area contributed by atoms with Gasteiger partial charge in [-0.05, 0) is 25.2 Å². The van der Waals surface area contributed by atoms with Crippen molar-refractivity contribution in [3.8, 4) is 0 Å². The highest BCUT2D eigenvalue weighted by Crippen LogP contribution is 2.47. The van der Waals surface area contributed by atoms with Crippen LogP contribution in [-0.2, 0) is 14.3 Å². The van der Waals surface area contributed by atoms with Gasteiger partial charge in [0, 0.05) is 33.7 Å². The molecule has 0 aromatic carbocycles. The molecule has 2 aliphatic rings. The van der Waals surface area contributed by atoms with Crippen molar-refractivity contribution < 1.29 is 40.7 Å². The summed E-state index contributed by atoms with van der Waals surface area (Å²) in [7, 11) is 1.34. The zero-order valence-corrected chi connectivity index (χ0v) is 15.6. The largest absolute Gasteiger partial charge is 0.391 e. The molecule has 1 saturated carbocycles. The normalized spacial score (nSPS) is 29.9. The lowest BCUT2D eigenvalue weighted by Crippen LogP contribution is -2.60. The number of halogens is 6. The summed E-state index contributed by atoms with van der Waals surface area (Å²) in [5.41, 5.74) is 0. The summed E-state index contributed by atoms with van der Waals surface area (Å²) in [5.74, 6) is -5.85. The molecule has 11 heteroatoms. The van der Waals surface area contributed by atoms with Gasteiger partial charge in [-0.15, -0.1) is 0 Å². The predicted octanol–water partition coefficient (Wildman–Crippen LogP) is 2.85. The Kier molecular flexibility index (Phi) is 6.88. The predicted molar refractivity (Wildman–Crippen MR) is 86.1 cm³/mol. The SMILES string of the molecule is COC[C@@H]1C(=O)N(CC2CC(C(F)(F)F)CC(C(F)(F)F)C2)CCN1C(C)=O. The number of ether oxygens (including phenoxy) is 1. The number of rotatable bonds is 4. The molecule has 1 aliphatic carbocycles. The Morgan fingerprint density at radius 2 is 1.57 bits per heavy atom. The van der Waals surface area contributed by atoms with Crippen molar-refractivity contribution in [2.24, 2.45) is 17.8 Å². The third-order valence-corrected chi connectivity index (χ3v) is 5.52. The Morgan fingerprint density at radius 3 is 2.00 bits per heavy atom. The number of carbonyl (C=O) groups is 2. The van der Waals surface area contributed by atoms with E-state index in [4.69, 9.17) is 4.74 Å². The molecule has 0 aromatic rings. The maximum absolute atomic E-state index is 13.1. The summed E-state index contributed by atoms with van der Waals surface area (Å²) >= 11 is 0. The highest BCUT2D eigenvalue weighted by molar-refractivity contribution is 5.88. The van der Waals surface area contributed by atoms with Gasteiger partial charge in [0.1, 0.15) is 6.04 Å². The van der Waals surface area contributed by atoms with Gasteiger partial charge >= 0.3 is 12.4 Å². The van der Waals surface area contributed by atoms with E-state index >= 15 is 0 Å². The summed E-state index contributed by atoms with van der Waals surface area (Å²) in [4.78, 5) is 26.9. The average Bonchev–Trinajstić information content (AvgIpc) is 2.56. The van der Waals surface area contributed by atoms with E-state index in [0.29, 0.717) is 0 Å². The molecule has 3 atom stereocenters. The second-order valence-electron chi connectivity index (χ2n) is 7.52. The van der Waals surface area contributed by atoms with Crippen LogP contribution < -0.4 is 0 Å². The molecule has 0 spiro atoms. The molecule has 162 valence electrons. The molecule has 2 unspecified atom stereocenters. The Balaban J connectivity index is 2.13. The molecule has 1 aliphatic heterocycles. The maximum Gasteiger partial charge on any atom is 0.391 e. The molecular weight excluding hydrogens is 394 g/mol. The fraction of sp³-hybridized carbons (Fsp3) is 0.882. The number of alkyl halides is 6. The number of nitrogens with zero attached hydrogens (tertiary/aromatic N) is 2. The zero-order valence-electron chi connectivity index (χ0n) is 15.6. The van der Waals surface area contributed by atoms with Crippen LogP contribution in [0.15, 0.2) is 0 Å². The van der Waals surface area contributed by atoms with Crippen molar-refractivity contribution in [3.63, 3.8) is 0 Å². The Bertz CT molecular complexity index is 558. The first-order valence-electron chi connectivity index (χ1n) is 9.03. The van der Waals surface area contributed by atoms with E-state index in [1.54, 1.807) is 0 Å². The molecule has 0 N–H and O–H groups in total. The maximum atomic E-state index is 13.1. The number of methoxy groups -OCH3 is 1. The van der Waals surface area contributed by atoms with E-state index in [0.717, 1.165) is 0 Å². The van der Waals surface area contributed by atoms with E-state index in [9.17, 15) is 35.9 Å². The molecule has 0 bridgehead atoms. The first kappa shape index (κ1) is 22.8. The second-order valence-corrected chi connectivity index (χ2v) is 7.52. The third-order valence-electron chi connectivity index (χ3n) is 5.52. The molecule has 0 aromatic heterocycles. The van der Waals surface area contributed by atoms with Gasteiger partial charge in [0.25, 0.3) is 0 Å². The summed E-state index contributed by atoms with van der Waals surface area (Å²) < 4.78 is 83.7.